The third-order valence-corrected chi connectivity index (χ3v) is 5.40. The van der Waals surface area contributed by atoms with E-state index in [-0.39, 0.29) is 24.4 Å². The second-order valence-electron chi connectivity index (χ2n) is 7.47. The topological polar surface area (TPSA) is 102 Å². The number of nitrogens with zero attached hydrogens (tertiary/aromatic N) is 2. The summed E-state index contributed by atoms with van der Waals surface area (Å²) in [5.74, 6) is -0.0426. The molecule has 9 heteroatoms. The normalized spacial score (nSPS) is 16.0. The lowest BCUT2D eigenvalue weighted by Crippen LogP contribution is -2.55. The molecule has 1 aliphatic rings. The van der Waals surface area contributed by atoms with Crippen molar-refractivity contribution in [2.24, 2.45) is 0 Å². The predicted molar refractivity (Wildman–Crippen MR) is 118 cm³/mol. The van der Waals surface area contributed by atoms with Crippen LogP contribution in [0.1, 0.15) is 18.1 Å². The summed E-state index contributed by atoms with van der Waals surface area (Å²) in [5, 5.41) is 15.3. The second kappa shape index (κ2) is 10.2. The maximum atomic E-state index is 12.6. The van der Waals surface area contributed by atoms with Gasteiger partial charge in [0.05, 0.1) is 6.42 Å². The number of carbonyl (C=O) groups is 3. The number of anilines is 1. The first-order valence-electron chi connectivity index (χ1n) is 9.97. The fourth-order valence-corrected chi connectivity index (χ4v) is 3.57. The molecule has 1 atom stereocenters. The Morgan fingerprint density at radius 1 is 1.03 bits per heavy atom. The molecule has 8 nitrogen and oxygen atoms in total. The molecule has 2 aromatic rings. The van der Waals surface area contributed by atoms with E-state index in [2.05, 4.69) is 10.6 Å². The van der Waals surface area contributed by atoms with E-state index in [0.717, 1.165) is 11.1 Å². The van der Waals surface area contributed by atoms with Gasteiger partial charge in [-0.1, -0.05) is 35.9 Å². The Labute approximate surface area is 185 Å². The van der Waals surface area contributed by atoms with Crippen LogP contribution in [-0.4, -0.2) is 58.6 Å². The van der Waals surface area contributed by atoms with E-state index in [1.165, 1.54) is 4.90 Å². The van der Waals surface area contributed by atoms with E-state index in [4.69, 9.17) is 16.7 Å². The van der Waals surface area contributed by atoms with Gasteiger partial charge in [-0.25, -0.2) is 9.59 Å². The average molecular weight is 445 g/mol. The molecule has 2 aromatic carbocycles. The summed E-state index contributed by atoms with van der Waals surface area (Å²) in [4.78, 5) is 38.8. The van der Waals surface area contributed by atoms with Gasteiger partial charge in [0, 0.05) is 42.9 Å². The predicted octanol–water partition coefficient (Wildman–Crippen LogP) is 3.41. The van der Waals surface area contributed by atoms with Crippen LogP contribution in [0.4, 0.5) is 15.3 Å². The highest BCUT2D eigenvalue weighted by Gasteiger charge is 2.29. The monoisotopic (exact) mass is 444 g/mol. The molecule has 0 spiro atoms. The van der Waals surface area contributed by atoms with Crippen LogP contribution in [0.2, 0.25) is 5.02 Å². The zero-order valence-corrected chi connectivity index (χ0v) is 17.9. The minimum absolute atomic E-state index is 0.0426. The zero-order chi connectivity index (χ0) is 22.4. The fraction of sp³-hybridized carbons (Fsp3) is 0.318. The molecule has 0 saturated carbocycles. The van der Waals surface area contributed by atoms with Crippen LogP contribution in [0, 0.1) is 0 Å². The SMILES string of the molecule is C[C@H]1CN(C(=O)O)CCN1C(=O)Cc1ccc(NC(=O)NCc2ccc(Cl)cc2)cc1. The van der Waals surface area contributed by atoms with Gasteiger partial charge in [-0.2, -0.15) is 0 Å². The summed E-state index contributed by atoms with van der Waals surface area (Å²) < 4.78 is 0. The quantitative estimate of drug-likeness (QED) is 0.657. The number of halogens is 1. The van der Waals surface area contributed by atoms with E-state index < -0.39 is 6.09 Å². The molecular weight excluding hydrogens is 420 g/mol. The zero-order valence-electron chi connectivity index (χ0n) is 17.2. The van der Waals surface area contributed by atoms with Crippen LogP contribution in [-0.2, 0) is 17.8 Å². The van der Waals surface area contributed by atoms with Crippen LogP contribution < -0.4 is 10.6 Å². The molecule has 0 bridgehead atoms. The van der Waals surface area contributed by atoms with Crippen molar-refractivity contribution >= 4 is 35.3 Å². The lowest BCUT2D eigenvalue weighted by atomic mass is 10.1. The summed E-state index contributed by atoms with van der Waals surface area (Å²) in [7, 11) is 0. The van der Waals surface area contributed by atoms with E-state index in [1.807, 2.05) is 19.1 Å². The number of nitrogens with one attached hydrogen (secondary N) is 2. The number of piperazine rings is 1. The first-order chi connectivity index (χ1) is 14.8. The molecule has 1 aliphatic heterocycles. The number of carboxylic acid groups (broad SMARTS) is 1. The van der Waals surface area contributed by atoms with E-state index in [1.54, 1.807) is 41.3 Å². The molecule has 0 unspecified atom stereocenters. The van der Waals surface area contributed by atoms with Crippen molar-refractivity contribution in [3.8, 4) is 0 Å². The van der Waals surface area contributed by atoms with Gasteiger partial charge < -0.3 is 25.5 Å². The number of urea groups is 1. The molecule has 3 N–H and O–H groups in total. The number of hydrogen-bond acceptors (Lipinski definition) is 3. The summed E-state index contributed by atoms with van der Waals surface area (Å²) in [6.45, 7) is 3.25. The van der Waals surface area contributed by atoms with Gasteiger partial charge in [-0.3, -0.25) is 4.79 Å². The maximum absolute atomic E-state index is 12.6. The maximum Gasteiger partial charge on any atom is 0.407 e. The van der Waals surface area contributed by atoms with E-state index >= 15 is 0 Å². The molecule has 0 aromatic heterocycles. The van der Waals surface area contributed by atoms with Gasteiger partial charge in [-0.05, 0) is 42.3 Å². The summed E-state index contributed by atoms with van der Waals surface area (Å²) in [6.07, 6.45) is -0.736. The molecule has 1 heterocycles. The third-order valence-electron chi connectivity index (χ3n) is 5.15. The number of carbonyl (C=O) groups excluding carboxylic acids is 2. The Morgan fingerprint density at radius 3 is 2.29 bits per heavy atom. The summed E-state index contributed by atoms with van der Waals surface area (Å²) >= 11 is 5.85. The smallest absolute Gasteiger partial charge is 0.407 e. The van der Waals surface area contributed by atoms with Crippen molar-refractivity contribution in [2.75, 3.05) is 25.0 Å². The first-order valence-corrected chi connectivity index (χ1v) is 10.3. The molecule has 1 saturated heterocycles. The second-order valence-corrected chi connectivity index (χ2v) is 7.91. The highest BCUT2D eigenvalue weighted by molar-refractivity contribution is 6.30. The van der Waals surface area contributed by atoms with Gasteiger partial charge in [0.2, 0.25) is 5.91 Å². The molecule has 31 heavy (non-hydrogen) atoms. The highest BCUT2D eigenvalue weighted by Crippen LogP contribution is 2.15. The van der Waals surface area contributed by atoms with Crippen molar-refractivity contribution < 1.29 is 19.5 Å². The van der Waals surface area contributed by atoms with Crippen LogP contribution >= 0.6 is 11.6 Å². The van der Waals surface area contributed by atoms with Crippen molar-refractivity contribution in [3.05, 3.63) is 64.7 Å². The summed E-state index contributed by atoms with van der Waals surface area (Å²) in [5.41, 5.74) is 2.38. The highest BCUT2D eigenvalue weighted by atomic mass is 35.5. The molecule has 1 fully saturated rings. The molecule has 3 rings (SSSR count). The van der Waals surface area contributed by atoms with E-state index in [0.29, 0.717) is 36.9 Å². The number of hydrogen-bond donors (Lipinski definition) is 3. The summed E-state index contributed by atoms with van der Waals surface area (Å²) in [6, 6.07) is 13.8. The largest absolute Gasteiger partial charge is 0.465 e. The average Bonchev–Trinajstić information content (AvgIpc) is 2.74. The lowest BCUT2D eigenvalue weighted by molar-refractivity contribution is -0.134. The van der Waals surface area contributed by atoms with Crippen molar-refractivity contribution in [1.82, 2.24) is 15.1 Å². The van der Waals surface area contributed by atoms with Crippen molar-refractivity contribution in [2.45, 2.75) is 25.9 Å². The minimum Gasteiger partial charge on any atom is -0.465 e. The number of rotatable bonds is 5. The van der Waals surface area contributed by atoms with Gasteiger partial charge >= 0.3 is 12.1 Å². The van der Waals surface area contributed by atoms with Crippen molar-refractivity contribution in [1.29, 1.82) is 0 Å². The first kappa shape index (κ1) is 22.4. The Balaban J connectivity index is 1.47. The van der Waals surface area contributed by atoms with Crippen molar-refractivity contribution in [3.63, 3.8) is 0 Å². The third kappa shape index (κ3) is 6.36. The number of benzene rings is 2. The fourth-order valence-electron chi connectivity index (χ4n) is 3.44. The molecule has 0 aliphatic carbocycles. The standard InChI is InChI=1S/C22H25ClN4O4/c1-15-14-26(22(30)31)10-11-27(15)20(28)12-16-4-8-19(9-5-16)25-21(29)24-13-17-2-6-18(23)7-3-17/h2-9,15H,10-14H2,1H3,(H,30,31)(H2,24,25,29)/t15-/m0/s1. The van der Waals surface area contributed by atoms with Crippen LogP contribution in [0.3, 0.4) is 0 Å². The van der Waals surface area contributed by atoms with Gasteiger partial charge in [0.15, 0.2) is 0 Å². The van der Waals surface area contributed by atoms with Crippen LogP contribution in [0.15, 0.2) is 48.5 Å². The van der Waals surface area contributed by atoms with E-state index in [9.17, 15) is 14.4 Å². The molecule has 4 amide bonds. The van der Waals surface area contributed by atoms with Crippen LogP contribution in [0.5, 0.6) is 0 Å². The molecule has 164 valence electrons. The molecular formula is C22H25ClN4O4. The van der Waals surface area contributed by atoms with Gasteiger partial charge in [-0.15, -0.1) is 0 Å². The molecule has 0 radical (unpaired) electrons. The Hall–Kier alpha value is -3.26. The number of amides is 4. The Bertz CT molecular complexity index is 934. The van der Waals surface area contributed by atoms with Gasteiger partial charge in [0.1, 0.15) is 0 Å². The Kier molecular flexibility index (Phi) is 7.36. The minimum atomic E-state index is -0.959. The Morgan fingerprint density at radius 2 is 1.68 bits per heavy atom. The lowest BCUT2D eigenvalue weighted by Gasteiger charge is -2.38. The van der Waals surface area contributed by atoms with Crippen LogP contribution in [0.25, 0.3) is 0 Å². The van der Waals surface area contributed by atoms with Gasteiger partial charge in [0.25, 0.3) is 0 Å².